The smallest absolute Gasteiger partial charge is 0.250 e. The third-order valence-corrected chi connectivity index (χ3v) is 2.78. The number of carbonyl (C=O) groups is 1. The number of nitrogens with zero attached hydrogens (tertiary/aromatic N) is 1. The zero-order chi connectivity index (χ0) is 12.4. The van der Waals surface area contributed by atoms with Gasteiger partial charge >= 0.3 is 0 Å². The SMILES string of the molecule is Cc1ccccc1-c1cc(Cl)ncc1C(N)=O. The molecule has 86 valence electrons. The van der Waals surface area contributed by atoms with Gasteiger partial charge in [-0.25, -0.2) is 4.98 Å². The van der Waals surface area contributed by atoms with E-state index in [1.165, 1.54) is 6.20 Å². The van der Waals surface area contributed by atoms with Gasteiger partial charge in [0.1, 0.15) is 5.15 Å². The van der Waals surface area contributed by atoms with E-state index < -0.39 is 5.91 Å². The average Bonchev–Trinajstić information content (AvgIpc) is 2.29. The summed E-state index contributed by atoms with van der Waals surface area (Å²) in [6, 6.07) is 9.39. The number of rotatable bonds is 2. The van der Waals surface area contributed by atoms with Crippen molar-refractivity contribution in [3.05, 3.63) is 52.8 Å². The van der Waals surface area contributed by atoms with Crippen molar-refractivity contribution >= 4 is 17.5 Å². The van der Waals surface area contributed by atoms with Crippen LogP contribution in [0.5, 0.6) is 0 Å². The first kappa shape index (κ1) is 11.6. The van der Waals surface area contributed by atoms with E-state index in [9.17, 15) is 4.79 Å². The molecule has 0 saturated carbocycles. The molecule has 0 aliphatic carbocycles. The van der Waals surface area contributed by atoms with Crippen LogP contribution in [-0.4, -0.2) is 10.9 Å². The highest BCUT2D eigenvalue weighted by Gasteiger charge is 2.12. The summed E-state index contributed by atoms with van der Waals surface area (Å²) in [5.41, 5.74) is 8.42. The number of halogens is 1. The van der Waals surface area contributed by atoms with Gasteiger partial charge in [-0.05, 0) is 29.7 Å². The average molecular weight is 247 g/mol. The topological polar surface area (TPSA) is 56.0 Å². The maximum Gasteiger partial charge on any atom is 0.250 e. The quantitative estimate of drug-likeness (QED) is 0.829. The molecule has 1 amide bonds. The standard InChI is InChI=1S/C13H11ClN2O/c1-8-4-2-3-5-9(8)10-6-12(14)16-7-11(10)13(15)17/h2-7H,1H3,(H2,15,17). The number of aryl methyl sites for hydroxylation is 1. The molecule has 2 N–H and O–H groups in total. The molecule has 1 heterocycles. The Morgan fingerprint density at radius 2 is 2.00 bits per heavy atom. The molecule has 3 nitrogen and oxygen atoms in total. The van der Waals surface area contributed by atoms with E-state index >= 15 is 0 Å². The molecule has 17 heavy (non-hydrogen) atoms. The minimum atomic E-state index is -0.507. The van der Waals surface area contributed by atoms with E-state index in [1.807, 2.05) is 31.2 Å². The molecular formula is C13H11ClN2O. The van der Waals surface area contributed by atoms with Crippen LogP contribution in [0.3, 0.4) is 0 Å². The van der Waals surface area contributed by atoms with Gasteiger partial charge in [-0.1, -0.05) is 35.9 Å². The van der Waals surface area contributed by atoms with Crippen molar-refractivity contribution in [2.75, 3.05) is 0 Å². The molecule has 0 aliphatic heterocycles. The Hall–Kier alpha value is -1.87. The van der Waals surface area contributed by atoms with Crippen LogP contribution >= 0.6 is 11.6 Å². The van der Waals surface area contributed by atoms with Crippen molar-refractivity contribution in [2.24, 2.45) is 5.73 Å². The highest BCUT2D eigenvalue weighted by molar-refractivity contribution is 6.29. The largest absolute Gasteiger partial charge is 0.366 e. The van der Waals surface area contributed by atoms with Gasteiger partial charge in [0.25, 0.3) is 5.91 Å². The van der Waals surface area contributed by atoms with E-state index in [2.05, 4.69) is 4.98 Å². The third kappa shape index (κ3) is 2.29. The number of hydrogen-bond acceptors (Lipinski definition) is 2. The lowest BCUT2D eigenvalue weighted by Crippen LogP contribution is -2.13. The van der Waals surface area contributed by atoms with Crippen molar-refractivity contribution in [1.82, 2.24) is 4.98 Å². The van der Waals surface area contributed by atoms with Crippen LogP contribution in [0.4, 0.5) is 0 Å². The van der Waals surface area contributed by atoms with Gasteiger partial charge in [-0.15, -0.1) is 0 Å². The van der Waals surface area contributed by atoms with E-state index in [4.69, 9.17) is 17.3 Å². The van der Waals surface area contributed by atoms with Gasteiger partial charge in [0.15, 0.2) is 0 Å². The fraction of sp³-hybridized carbons (Fsp3) is 0.0769. The highest BCUT2D eigenvalue weighted by Crippen LogP contribution is 2.28. The number of carbonyl (C=O) groups excluding carboxylic acids is 1. The van der Waals surface area contributed by atoms with E-state index in [0.29, 0.717) is 10.7 Å². The van der Waals surface area contributed by atoms with E-state index in [1.54, 1.807) is 6.07 Å². The molecule has 0 atom stereocenters. The molecule has 0 radical (unpaired) electrons. The lowest BCUT2D eigenvalue weighted by Gasteiger charge is -2.09. The van der Waals surface area contributed by atoms with E-state index in [-0.39, 0.29) is 0 Å². The van der Waals surface area contributed by atoms with Gasteiger partial charge in [0.2, 0.25) is 0 Å². The minimum Gasteiger partial charge on any atom is -0.366 e. The predicted octanol–water partition coefficient (Wildman–Crippen LogP) is 2.81. The van der Waals surface area contributed by atoms with Crippen LogP contribution in [0.25, 0.3) is 11.1 Å². The normalized spacial score (nSPS) is 10.2. The summed E-state index contributed by atoms with van der Waals surface area (Å²) in [5, 5.41) is 0.341. The van der Waals surface area contributed by atoms with Crippen LogP contribution in [-0.2, 0) is 0 Å². The van der Waals surface area contributed by atoms with Crippen molar-refractivity contribution in [3.63, 3.8) is 0 Å². The second-order valence-electron chi connectivity index (χ2n) is 3.73. The Morgan fingerprint density at radius 1 is 1.29 bits per heavy atom. The number of nitrogens with two attached hydrogens (primary N) is 1. The van der Waals surface area contributed by atoms with Gasteiger partial charge in [-0.3, -0.25) is 4.79 Å². The van der Waals surface area contributed by atoms with Crippen molar-refractivity contribution in [2.45, 2.75) is 6.92 Å². The van der Waals surface area contributed by atoms with Gasteiger partial charge < -0.3 is 5.73 Å². The van der Waals surface area contributed by atoms with Crippen LogP contribution < -0.4 is 5.73 Å². The lowest BCUT2D eigenvalue weighted by atomic mass is 9.97. The molecular weight excluding hydrogens is 236 g/mol. The summed E-state index contributed by atoms with van der Waals surface area (Å²) in [6.07, 6.45) is 1.41. The first-order valence-electron chi connectivity index (χ1n) is 5.11. The maximum absolute atomic E-state index is 11.4. The molecule has 0 spiro atoms. The Labute approximate surface area is 104 Å². The summed E-state index contributed by atoms with van der Waals surface area (Å²) in [6.45, 7) is 1.97. The predicted molar refractivity (Wildman–Crippen MR) is 67.9 cm³/mol. The number of benzene rings is 1. The molecule has 1 aromatic carbocycles. The molecule has 2 aromatic rings. The molecule has 0 saturated heterocycles. The minimum absolute atomic E-state index is 0.341. The van der Waals surface area contributed by atoms with Crippen LogP contribution in [0.1, 0.15) is 15.9 Å². The number of aromatic nitrogens is 1. The van der Waals surface area contributed by atoms with E-state index in [0.717, 1.165) is 16.7 Å². The van der Waals surface area contributed by atoms with Gasteiger partial charge in [0.05, 0.1) is 5.56 Å². The van der Waals surface area contributed by atoms with Gasteiger partial charge in [0, 0.05) is 6.20 Å². The first-order valence-corrected chi connectivity index (χ1v) is 5.48. The molecule has 1 aromatic heterocycles. The fourth-order valence-electron chi connectivity index (χ4n) is 1.72. The zero-order valence-corrected chi connectivity index (χ0v) is 10.0. The molecule has 0 aliphatic rings. The second-order valence-corrected chi connectivity index (χ2v) is 4.12. The van der Waals surface area contributed by atoms with Gasteiger partial charge in [-0.2, -0.15) is 0 Å². The summed E-state index contributed by atoms with van der Waals surface area (Å²) in [5.74, 6) is -0.507. The lowest BCUT2D eigenvalue weighted by molar-refractivity contribution is 0.100. The van der Waals surface area contributed by atoms with Crippen molar-refractivity contribution in [3.8, 4) is 11.1 Å². The summed E-state index contributed by atoms with van der Waals surface area (Å²) in [7, 11) is 0. The first-order chi connectivity index (χ1) is 8.09. The number of amides is 1. The summed E-state index contributed by atoms with van der Waals surface area (Å²) < 4.78 is 0. The number of primary amides is 1. The number of hydrogen-bond donors (Lipinski definition) is 1. The Morgan fingerprint density at radius 3 is 2.65 bits per heavy atom. The van der Waals surface area contributed by atoms with Crippen LogP contribution in [0, 0.1) is 6.92 Å². The Kier molecular flexibility index (Phi) is 3.11. The summed E-state index contributed by atoms with van der Waals surface area (Å²) in [4.78, 5) is 15.2. The second kappa shape index (κ2) is 4.55. The molecule has 0 bridgehead atoms. The molecule has 0 fully saturated rings. The molecule has 0 unspecified atom stereocenters. The zero-order valence-electron chi connectivity index (χ0n) is 9.27. The number of pyridine rings is 1. The molecule has 2 rings (SSSR count). The van der Waals surface area contributed by atoms with Crippen LogP contribution in [0.15, 0.2) is 36.5 Å². The molecule has 4 heteroatoms. The summed E-state index contributed by atoms with van der Waals surface area (Å²) >= 11 is 5.86. The monoisotopic (exact) mass is 246 g/mol. The third-order valence-electron chi connectivity index (χ3n) is 2.57. The van der Waals surface area contributed by atoms with Crippen molar-refractivity contribution in [1.29, 1.82) is 0 Å². The highest BCUT2D eigenvalue weighted by atomic mass is 35.5. The van der Waals surface area contributed by atoms with Crippen molar-refractivity contribution < 1.29 is 4.79 Å². The maximum atomic E-state index is 11.4. The fourth-order valence-corrected chi connectivity index (χ4v) is 1.88. The Balaban J connectivity index is 2.70. The van der Waals surface area contributed by atoms with Crippen LogP contribution in [0.2, 0.25) is 5.15 Å². The Bertz CT molecular complexity index is 581.